The zero-order valence-corrected chi connectivity index (χ0v) is 38.5. The van der Waals surface area contributed by atoms with Crippen LogP contribution in [0, 0.1) is 0 Å². The lowest BCUT2D eigenvalue weighted by atomic mass is 10.0. The summed E-state index contributed by atoms with van der Waals surface area (Å²) in [6.45, 7) is 6.35. The van der Waals surface area contributed by atoms with Gasteiger partial charge < -0.3 is 14.2 Å². The molecule has 6 nitrogen and oxygen atoms in total. The third-order valence-electron chi connectivity index (χ3n) is 10.2. The fraction of sp³-hybridized carbons (Fsp3) is 0.717. The average Bonchev–Trinajstić information content (AvgIpc) is 3.23. The molecule has 0 heterocycles. The molecule has 1 unspecified atom stereocenters. The first-order valence-corrected chi connectivity index (χ1v) is 24.4. The monoisotopic (exact) mass is 823 g/mol. The van der Waals surface area contributed by atoms with Crippen molar-refractivity contribution in [3.05, 3.63) is 72.9 Å². The molecule has 0 rings (SSSR count). The molecule has 0 aliphatic carbocycles. The highest BCUT2D eigenvalue weighted by Gasteiger charge is 2.19. The van der Waals surface area contributed by atoms with Gasteiger partial charge in [-0.2, -0.15) is 0 Å². The van der Waals surface area contributed by atoms with Crippen molar-refractivity contribution in [1.29, 1.82) is 0 Å². The molecule has 0 amide bonds. The molecule has 0 aromatic rings. The van der Waals surface area contributed by atoms with E-state index in [0.29, 0.717) is 19.3 Å². The maximum atomic E-state index is 12.8. The third-order valence-corrected chi connectivity index (χ3v) is 10.2. The highest BCUT2D eigenvalue weighted by Crippen LogP contribution is 2.15. The van der Waals surface area contributed by atoms with Gasteiger partial charge in [-0.25, -0.2) is 0 Å². The van der Waals surface area contributed by atoms with E-state index in [4.69, 9.17) is 14.2 Å². The molecule has 0 spiro atoms. The summed E-state index contributed by atoms with van der Waals surface area (Å²) in [5.41, 5.74) is 0. The molecule has 0 aliphatic rings. The summed E-state index contributed by atoms with van der Waals surface area (Å²) < 4.78 is 16.7. The van der Waals surface area contributed by atoms with Gasteiger partial charge in [0.1, 0.15) is 13.2 Å². The number of carbonyl (C=O) groups is 3. The van der Waals surface area contributed by atoms with Crippen LogP contribution in [0.5, 0.6) is 0 Å². The molecule has 59 heavy (non-hydrogen) atoms. The lowest BCUT2D eigenvalue weighted by Crippen LogP contribution is -2.30. The van der Waals surface area contributed by atoms with Gasteiger partial charge in [-0.1, -0.05) is 203 Å². The first-order chi connectivity index (χ1) is 29.0. The van der Waals surface area contributed by atoms with Crippen LogP contribution < -0.4 is 0 Å². The smallest absolute Gasteiger partial charge is 0.306 e. The lowest BCUT2D eigenvalue weighted by molar-refractivity contribution is -0.167. The predicted molar refractivity (Wildman–Crippen MR) is 251 cm³/mol. The molecular formula is C53H90O6. The number of allylic oxidation sites excluding steroid dienone is 12. The molecule has 0 aromatic carbocycles. The van der Waals surface area contributed by atoms with Gasteiger partial charge in [0, 0.05) is 19.3 Å². The Morgan fingerprint density at radius 1 is 0.356 bits per heavy atom. The van der Waals surface area contributed by atoms with Gasteiger partial charge in [-0.3, -0.25) is 14.4 Å². The average molecular weight is 823 g/mol. The van der Waals surface area contributed by atoms with Gasteiger partial charge in [-0.05, 0) is 77.0 Å². The Balaban J connectivity index is 4.43. The standard InChI is InChI=1S/C53H90O6/c1-4-7-10-13-16-19-22-24-26-27-29-31-34-37-40-43-46-52(55)58-49-50(48-57-51(54)45-42-39-36-33-30-21-18-15-12-9-6-3)59-53(56)47-44-41-38-35-32-28-25-23-20-17-14-11-8-5-2/h7,9-10,12,16,18-19,21,24,26,33,36,50H,4-6,8,11,13-15,17,20,22-23,25,27-32,34-35,37-49H2,1-3H3/b10-7-,12-9-,19-16-,21-18-,26-24-,36-33-. The zero-order valence-electron chi connectivity index (χ0n) is 38.5. The van der Waals surface area contributed by atoms with Crippen LogP contribution in [0.15, 0.2) is 72.9 Å². The normalized spacial score (nSPS) is 12.7. The molecule has 0 saturated heterocycles. The second-order valence-corrected chi connectivity index (χ2v) is 16.0. The molecule has 0 bridgehead atoms. The number of unbranched alkanes of at least 4 members (excludes halogenated alkanes) is 20. The van der Waals surface area contributed by atoms with E-state index in [-0.39, 0.29) is 37.5 Å². The summed E-state index contributed by atoms with van der Waals surface area (Å²) >= 11 is 0. The zero-order chi connectivity index (χ0) is 43.0. The Morgan fingerprint density at radius 3 is 1.10 bits per heavy atom. The molecule has 1 atom stereocenters. The fourth-order valence-corrected chi connectivity index (χ4v) is 6.60. The summed E-state index contributed by atoms with van der Waals surface area (Å²) in [5, 5.41) is 0. The highest BCUT2D eigenvalue weighted by molar-refractivity contribution is 5.71. The lowest BCUT2D eigenvalue weighted by Gasteiger charge is -2.18. The van der Waals surface area contributed by atoms with Crippen molar-refractivity contribution in [2.24, 2.45) is 0 Å². The number of esters is 3. The third kappa shape index (κ3) is 45.8. The van der Waals surface area contributed by atoms with E-state index >= 15 is 0 Å². The molecular weight excluding hydrogens is 733 g/mol. The van der Waals surface area contributed by atoms with E-state index in [2.05, 4.69) is 93.7 Å². The van der Waals surface area contributed by atoms with Crippen molar-refractivity contribution in [2.75, 3.05) is 13.2 Å². The molecule has 0 radical (unpaired) electrons. The minimum absolute atomic E-state index is 0.0969. The van der Waals surface area contributed by atoms with Crippen LogP contribution in [0.4, 0.5) is 0 Å². The maximum absolute atomic E-state index is 12.8. The molecule has 0 saturated carbocycles. The number of ether oxygens (including phenoxy) is 3. The molecule has 6 heteroatoms. The van der Waals surface area contributed by atoms with Crippen LogP contribution >= 0.6 is 0 Å². The molecule has 0 fully saturated rings. The SMILES string of the molecule is CC/C=C\C/C=C\C/C=C\CCCCCCCCC(=O)OCC(COC(=O)CCC/C=C\C/C=C\C/C=C\CC)OC(=O)CCCCCCCCCCCCCCCC. The van der Waals surface area contributed by atoms with Crippen LogP contribution in [0.1, 0.15) is 226 Å². The van der Waals surface area contributed by atoms with Crippen LogP contribution in [-0.4, -0.2) is 37.2 Å². The summed E-state index contributed by atoms with van der Waals surface area (Å²) in [5.74, 6) is -0.965. The van der Waals surface area contributed by atoms with Gasteiger partial charge in [0.2, 0.25) is 0 Å². The Hall–Kier alpha value is -3.15. The second kappa shape index (κ2) is 47.5. The van der Waals surface area contributed by atoms with Crippen LogP contribution in [-0.2, 0) is 28.6 Å². The van der Waals surface area contributed by atoms with E-state index < -0.39 is 6.10 Å². The summed E-state index contributed by atoms with van der Waals surface area (Å²) in [7, 11) is 0. The predicted octanol–water partition coefficient (Wildman–Crippen LogP) is 15.9. The Morgan fingerprint density at radius 2 is 0.678 bits per heavy atom. The number of hydrogen-bond acceptors (Lipinski definition) is 6. The van der Waals surface area contributed by atoms with Gasteiger partial charge >= 0.3 is 17.9 Å². The minimum Gasteiger partial charge on any atom is -0.462 e. The Labute approximate surface area is 363 Å². The second-order valence-electron chi connectivity index (χ2n) is 16.0. The van der Waals surface area contributed by atoms with Crippen LogP contribution in [0.2, 0.25) is 0 Å². The first kappa shape index (κ1) is 55.9. The fourth-order valence-electron chi connectivity index (χ4n) is 6.60. The van der Waals surface area contributed by atoms with Crippen molar-refractivity contribution in [1.82, 2.24) is 0 Å². The van der Waals surface area contributed by atoms with Crippen LogP contribution in [0.3, 0.4) is 0 Å². The van der Waals surface area contributed by atoms with Crippen molar-refractivity contribution >= 4 is 17.9 Å². The highest BCUT2D eigenvalue weighted by atomic mass is 16.6. The summed E-state index contributed by atoms with van der Waals surface area (Å²) in [6.07, 6.45) is 58.9. The van der Waals surface area contributed by atoms with Gasteiger partial charge in [-0.15, -0.1) is 0 Å². The largest absolute Gasteiger partial charge is 0.462 e. The first-order valence-electron chi connectivity index (χ1n) is 24.4. The maximum Gasteiger partial charge on any atom is 0.306 e. The Bertz CT molecular complexity index is 1130. The minimum atomic E-state index is -0.797. The van der Waals surface area contributed by atoms with Crippen molar-refractivity contribution < 1.29 is 28.6 Å². The van der Waals surface area contributed by atoms with E-state index in [1.165, 1.54) is 89.9 Å². The van der Waals surface area contributed by atoms with E-state index in [1.807, 2.05) is 0 Å². The molecule has 0 N–H and O–H groups in total. The van der Waals surface area contributed by atoms with Crippen molar-refractivity contribution in [2.45, 2.75) is 232 Å². The van der Waals surface area contributed by atoms with Gasteiger partial charge in [0.05, 0.1) is 0 Å². The summed E-state index contributed by atoms with van der Waals surface area (Å²) in [6, 6.07) is 0. The van der Waals surface area contributed by atoms with Crippen molar-refractivity contribution in [3.8, 4) is 0 Å². The van der Waals surface area contributed by atoms with E-state index in [9.17, 15) is 14.4 Å². The summed E-state index contributed by atoms with van der Waals surface area (Å²) in [4.78, 5) is 37.8. The van der Waals surface area contributed by atoms with Gasteiger partial charge in [0.15, 0.2) is 6.10 Å². The topological polar surface area (TPSA) is 78.9 Å². The number of hydrogen-bond donors (Lipinski definition) is 0. The number of rotatable bonds is 43. The van der Waals surface area contributed by atoms with Gasteiger partial charge in [0.25, 0.3) is 0 Å². The molecule has 0 aliphatic heterocycles. The Kier molecular flexibility index (Phi) is 45.0. The molecule has 0 aromatic heterocycles. The number of carbonyl (C=O) groups excluding carboxylic acids is 3. The van der Waals surface area contributed by atoms with Crippen LogP contribution in [0.25, 0.3) is 0 Å². The quantitative estimate of drug-likeness (QED) is 0.0264. The van der Waals surface area contributed by atoms with E-state index in [0.717, 1.165) is 89.9 Å². The molecule has 338 valence electrons. The van der Waals surface area contributed by atoms with Crippen molar-refractivity contribution in [3.63, 3.8) is 0 Å². The van der Waals surface area contributed by atoms with E-state index in [1.54, 1.807) is 0 Å².